The third kappa shape index (κ3) is 4.11. The van der Waals surface area contributed by atoms with Crippen LogP contribution in [0, 0.1) is 6.92 Å². The molecule has 5 heteroatoms. The van der Waals surface area contributed by atoms with Gasteiger partial charge < -0.3 is 14.0 Å². The molecule has 0 radical (unpaired) electrons. The fourth-order valence-electron chi connectivity index (χ4n) is 4.54. The van der Waals surface area contributed by atoms with Crippen LogP contribution < -0.4 is 9.47 Å². The van der Waals surface area contributed by atoms with Gasteiger partial charge in [0.1, 0.15) is 11.5 Å². The maximum Gasteiger partial charge on any atom is 0.343 e. The van der Waals surface area contributed by atoms with Crippen molar-refractivity contribution >= 4 is 28.7 Å². The summed E-state index contributed by atoms with van der Waals surface area (Å²) in [7, 11) is 0. The number of aromatic nitrogens is 1. The predicted octanol–water partition coefficient (Wildman–Crippen LogP) is 7.10. The molecule has 0 N–H and O–H groups in total. The minimum atomic E-state index is -0.453. The summed E-state index contributed by atoms with van der Waals surface area (Å²) in [5.41, 5.74) is 4.71. The van der Waals surface area contributed by atoms with E-state index in [0.29, 0.717) is 28.2 Å². The van der Waals surface area contributed by atoms with Gasteiger partial charge in [-0.1, -0.05) is 51.1 Å². The Morgan fingerprint density at radius 3 is 2.44 bits per heavy atom. The Kier molecular flexibility index (Phi) is 5.79. The van der Waals surface area contributed by atoms with Gasteiger partial charge in [-0.15, -0.1) is 0 Å². The van der Waals surface area contributed by atoms with E-state index in [2.05, 4.69) is 38.3 Å². The van der Waals surface area contributed by atoms with Crippen LogP contribution >= 0.6 is 0 Å². The lowest BCUT2D eigenvalue weighted by Crippen LogP contribution is -2.13. The summed E-state index contributed by atoms with van der Waals surface area (Å²) >= 11 is 0. The number of allylic oxidation sites excluding steroid dienone is 1. The normalized spacial score (nSPS) is 14.2. The molecular weight excluding hydrogens is 450 g/mol. The van der Waals surface area contributed by atoms with Crippen LogP contribution in [0.15, 0.2) is 72.6 Å². The Labute approximate surface area is 211 Å². The summed E-state index contributed by atoms with van der Waals surface area (Å²) in [4.78, 5) is 25.9. The first-order valence-corrected chi connectivity index (χ1v) is 12.2. The molecule has 1 aliphatic rings. The largest absolute Gasteiger partial charge is 0.452 e. The Morgan fingerprint density at radius 1 is 1.03 bits per heavy atom. The van der Waals surface area contributed by atoms with E-state index in [1.807, 2.05) is 36.5 Å². The molecule has 0 saturated carbocycles. The van der Waals surface area contributed by atoms with E-state index in [4.69, 9.17) is 9.47 Å². The summed E-state index contributed by atoms with van der Waals surface area (Å²) in [5.74, 6) is 0.422. The smallest absolute Gasteiger partial charge is 0.343 e. The molecule has 0 spiro atoms. The first kappa shape index (κ1) is 23.6. The number of carbonyl (C=O) groups excluding carboxylic acids is 2. The minimum Gasteiger partial charge on any atom is -0.452 e. The van der Waals surface area contributed by atoms with E-state index in [1.54, 1.807) is 37.3 Å². The fraction of sp³-hybridized carbons (Fsp3) is 0.226. The molecule has 36 heavy (non-hydrogen) atoms. The van der Waals surface area contributed by atoms with Crippen LogP contribution in [0.2, 0.25) is 0 Å². The zero-order chi connectivity index (χ0) is 25.6. The van der Waals surface area contributed by atoms with Crippen LogP contribution in [0.5, 0.6) is 11.5 Å². The lowest BCUT2D eigenvalue weighted by molar-refractivity contribution is 0.0733. The van der Waals surface area contributed by atoms with Crippen molar-refractivity contribution in [2.75, 3.05) is 0 Å². The third-order valence-electron chi connectivity index (χ3n) is 6.67. The van der Waals surface area contributed by atoms with Gasteiger partial charge in [0.15, 0.2) is 5.76 Å². The second-order valence-electron chi connectivity index (χ2n) is 10.1. The average molecular weight is 480 g/mol. The highest BCUT2D eigenvalue weighted by atomic mass is 16.5. The molecule has 2 heterocycles. The van der Waals surface area contributed by atoms with Gasteiger partial charge in [0.2, 0.25) is 5.78 Å². The number of benzene rings is 3. The number of nitrogens with zero attached hydrogens (tertiary/aromatic N) is 1. The molecular formula is C31H29NO4. The number of para-hydroxylation sites is 1. The van der Waals surface area contributed by atoms with Gasteiger partial charge >= 0.3 is 5.97 Å². The van der Waals surface area contributed by atoms with Gasteiger partial charge in [0.05, 0.1) is 11.1 Å². The van der Waals surface area contributed by atoms with Crippen LogP contribution in [0.1, 0.15) is 65.1 Å². The van der Waals surface area contributed by atoms with E-state index in [-0.39, 0.29) is 17.0 Å². The van der Waals surface area contributed by atoms with Crippen molar-refractivity contribution in [1.29, 1.82) is 0 Å². The number of aryl methyl sites for hydroxylation is 1. The number of rotatable bonds is 4. The first-order chi connectivity index (χ1) is 17.2. The fourth-order valence-corrected chi connectivity index (χ4v) is 4.54. The van der Waals surface area contributed by atoms with E-state index in [9.17, 15) is 9.59 Å². The summed E-state index contributed by atoms with van der Waals surface area (Å²) in [6, 6.07) is 18.8. The molecule has 0 bridgehead atoms. The summed E-state index contributed by atoms with van der Waals surface area (Å²) in [6.45, 7) is 11.1. The molecule has 0 fully saturated rings. The Bertz CT molecular complexity index is 1530. The molecule has 1 aromatic heterocycles. The van der Waals surface area contributed by atoms with Crippen molar-refractivity contribution in [3.05, 3.63) is 100 Å². The molecule has 182 valence electrons. The monoisotopic (exact) mass is 479 g/mol. The van der Waals surface area contributed by atoms with E-state index >= 15 is 0 Å². The van der Waals surface area contributed by atoms with Crippen molar-refractivity contribution in [2.24, 2.45) is 0 Å². The SMILES string of the molecule is CCn1cc(/C=C2/Oc3c(ccc(OC(=O)c4ccc(C(C)(C)C)cc4)c3C)C2=O)c2ccccc21. The van der Waals surface area contributed by atoms with Gasteiger partial charge in [-0.2, -0.15) is 0 Å². The quantitative estimate of drug-likeness (QED) is 0.178. The lowest BCUT2D eigenvalue weighted by atomic mass is 9.87. The number of ketones is 1. The number of hydrogen-bond donors (Lipinski definition) is 0. The van der Waals surface area contributed by atoms with Crippen molar-refractivity contribution in [1.82, 2.24) is 4.57 Å². The van der Waals surface area contributed by atoms with Gasteiger partial charge in [-0.3, -0.25) is 4.79 Å². The highest BCUT2D eigenvalue weighted by molar-refractivity contribution is 6.15. The molecule has 4 aromatic rings. The van der Waals surface area contributed by atoms with Crippen LogP contribution in [-0.4, -0.2) is 16.3 Å². The van der Waals surface area contributed by atoms with E-state index in [0.717, 1.165) is 28.6 Å². The highest BCUT2D eigenvalue weighted by Crippen LogP contribution is 2.40. The Balaban J connectivity index is 1.41. The van der Waals surface area contributed by atoms with Crippen LogP contribution in [0.25, 0.3) is 17.0 Å². The molecule has 3 aromatic carbocycles. The number of esters is 1. The van der Waals surface area contributed by atoms with Crippen molar-refractivity contribution in [2.45, 2.75) is 46.6 Å². The second-order valence-corrected chi connectivity index (χ2v) is 10.1. The maximum absolute atomic E-state index is 13.1. The van der Waals surface area contributed by atoms with Gasteiger partial charge in [-0.05, 0) is 61.2 Å². The molecule has 0 aliphatic carbocycles. The van der Waals surface area contributed by atoms with Gasteiger partial charge in [-0.25, -0.2) is 4.79 Å². The van der Waals surface area contributed by atoms with Gasteiger partial charge in [0, 0.05) is 34.8 Å². The zero-order valence-electron chi connectivity index (χ0n) is 21.2. The summed E-state index contributed by atoms with van der Waals surface area (Å²) in [6.07, 6.45) is 3.82. The topological polar surface area (TPSA) is 57.5 Å². The van der Waals surface area contributed by atoms with Crippen molar-refractivity contribution in [3.63, 3.8) is 0 Å². The average Bonchev–Trinajstić information content (AvgIpc) is 3.38. The maximum atomic E-state index is 13.1. The first-order valence-electron chi connectivity index (χ1n) is 12.2. The summed E-state index contributed by atoms with van der Waals surface area (Å²) < 4.78 is 13.9. The Morgan fingerprint density at radius 2 is 1.75 bits per heavy atom. The zero-order valence-corrected chi connectivity index (χ0v) is 21.2. The van der Waals surface area contributed by atoms with Crippen molar-refractivity contribution < 1.29 is 19.1 Å². The van der Waals surface area contributed by atoms with Crippen LogP contribution in [0.4, 0.5) is 0 Å². The van der Waals surface area contributed by atoms with Crippen molar-refractivity contribution in [3.8, 4) is 11.5 Å². The molecule has 5 nitrogen and oxygen atoms in total. The minimum absolute atomic E-state index is 0.000440. The molecule has 1 aliphatic heterocycles. The molecule has 0 saturated heterocycles. The number of hydrogen-bond acceptors (Lipinski definition) is 4. The molecule has 5 rings (SSSR count). The Hall–Kier alpha value is -4.12. The number of ether oxygens (including phenoxy) is 2. The highest BCUT2D eigenvalue weighted by Gasteiger charge is 2.31. The predicted molar refractivity (Wildman–Crippen MR) is 142 cm³/mol. The number of fused-ring (bicyclic) bond motifs is 2. The summed E-state index contributed by atoms with van der Waals surface area (Å²) in [5, 5.41) is 1.06. The molecule has 0 atom stereocenters. The van der Waals surface area contributed by atoms with Crippen LogP contribution in [0.3, 0.4) is 0 Å². The van der Waals surface area contributed by atoms with E-state index in [1.165, 1.54) is 0 Å². The number of carbonyl (C=O) groups is 2. The third-order valence-corrected chi connectivity index (χ3v) is 6.67. The van der Waals surface area contributed by atoms with E-state index < -0.39 is 5.97 Å². The van der Waals surface area contributed by atoms with Gasteiger partial charge in [0.25, 0.3) is 0 Å². The van der Waals surface area contributed by atoms with Crippen LogP contribution in [-0.2, 0) is 12.0 Å². The lowest BCUT2D eigenvalue weighted by Gasteiger charge is -2.19. The number of Topliss-reactive ketones (excluding diaryl/α,β-unsaturated/α-hetero) is 1. The second kappa shape index (κ2) is 8.83. The standard InChI is InChI=1S/C31H29NO4/c1-6-32-18-21(23-9-7-8-10-25(23)32)17-27-28(33)24-15-16-26(19(2)29(24)35-27)36-30(34)20-11-13-22(14-12-20)31(3,4)5/h7-18H,6H2,1-5H3/b27-17+. The molecule has 0 unspecified atom stereocenters. The molecule has 0 amide bonds.